The smallest absolute Gasteiger partial charge is 0.188 e. The lowest BCUT2D eigenvalue weighted by atomic mass is 10.1. The van der Waals surface area contributed by atoms with Gasteiger partial charge in [0.2, 0.25) is 0 Å². The van der Waals surface area contributed by atoms with Gasteiger partial charge in [0.25, 0.3) is 0 Å². The molecule has 2 unspecified atom stereocenters. The summed E-state index contributed by atoms with van der Waals surface area (Å²) >= 11 is 3.38. The van der Waals surface area contributed by atoms with Gasteiger partial charge in [0.05, 0.1) is 5.25 Å². The SMILES string of the molecule is CCC(N)C(Sc1ncccn1)c1cccs1. The lowest BCUT2D eigenvalue weighted by Crippen LogP contribution is -2.25. The molecule has 0 aliphatic heterocycles. The Morgan fingerprint density at radius 3 is 2.71 bits per heavy atom. The summed E-state index contributed by atoms with van der Waals surface area (Å²) in [6, 6.07) is 6.13. The second-order valence-corrected chi connectivity index (χ2v) is 5.75. The summed E-state index contributed by atoms with van der Waals surface area (Å²) in [6.07, 6.45) is 4.47. The van der Waals surface area contributed by atoms with E-state index >= 15 is 0 Å². The van der Waals surface area contributed by atoms with Crippen LogP contribution in [-0.2, 0) is 0 Å². The number of nitrogens with two attached hydrogens (primary N) is 1. The van der Waals surface area contributed by atoms with Gasteiger partial charge in [0.15, 0.2) is 5.16 Å². The molecule has 0 amide bonds. The topological polar surface area (TPSA) is 51.8 Å². The van der Waals surface area contributed by atoms with Crippen LogP contribution in [0, 0.1) is 0 Å². The predicted molar refractivity (Wildman–Crippen MR) is 73.2 cm³/mol. The normalized spacial score (nSPS) is 14.5. The Kier molecular flexibility index (Phi) is 4.53. The Morgan fingerprint density at radius 1 is 1.35 bits per heavy atom. The number of nitrogens with zero attached hydrogens (tertiary/aromatic N) is 2. The summed E-state index contributed by atoms with van der Waals surface area (Å²) in [4.78, 5) is 9.78. The van der Waals surface area contributed by atoms with E-state index in [1.165, 1.54) is 4.88 Å². The highest BCUT2D eigenvalue weighted by Crippen LogP contribution is 2.38. The Hall–Kier alpha value is -0.910. The Balaban J connectivity index is 2.17. The van der Waals surface area contributed by atoms with Crippen LogP contribution in [0.4, 0.5) is 0 Å². The minimum absolute atomic E-state index is 0.127. The minimum atomic E-state index is 0.127. The summed E-state index contributed by atoms with van der Waals surface area (Å²) in [5.41, 5.74) is 6.19. The van der Waals surface area contributed by atoms with Crippen molar-refractivity contribution in [1.29, 1.82) is 0 Å². The minimum Gasteiger partial charge on any atom is -0.326 e. The lowest BCUT2D eigenvalue weighted by molar-refractivity contribution is 0.638. The molecular formula is C12H15N3S2. The highest BCUT2D eigenvalue weighted by atomic mass is 32.2. The van der Waals surface area contributed by atoms with Crippen LogP contribution in [0.2, 0.25) is 0 Å². The predicted octanol–water partition coefficient (Wildman–Crippen LogP) is 3.11. The molecule has 0 spiro atoms. The molecule has 0 bridgehead atoms. The molecular weight excluding hydrogens is 250 g/mol. The first-order valence-electron chi connectivity index (χ1n) is 5.54. The fourth-order valence-corrected chi connectivity index (χ4v) is 3.61. The molecule has 2 aromatic heterocycles. The van der Waals surface area contributed by atoms with E-state index in [-0.39, 0.29) is 11.3 Å². The van der Waals surface area contributed by atoms with Crippen LogP contribution in [-0.4, -0.2) is 16.0 Å². The van der Waals surface area contributed by atoms with Crippen molar-refractivity contribution < 1.29 is 0 Å². The molecule has 2 N–H and O–H groups in total. The van der Waals surface area contributed by atoms with Crippen molar-refractivity contribution in [3.63, 3.8) is 0 Å². The van der Waals surface area contributed by atoms with Gasteiger partial charge in [-0.05, 0) is 23.9 Å². The maximum Gasteiger partial charge on any atom is 0.188 e. The third-order valence-corrected chi connectivity index (χ3v) is 4.84. The zero-order valence-corrected chi connectivity index (χ0v) is 11.2. The molecule has 2 atom stereocenters. The first kappa shape index (κ1) is 12.5. The van der Waals surface area contributed by atoms with Crippen molar-refractivity contribution in [2.45, 2.75) is 29.8 Å². The van der Waals surface area contributed by atoms with Crippen molar-refractivity contribution in [2.75, 3.05) is 0 Å². The van der Waals surface area contributed by atoms with Crippen molar-refractivity contribution in [3.05, 3.63) is 40.8 Å². The molecule has 2 heterocycles. The van der Waals surface area contributed by atoms with Gasteiger partial charge in [-0.3, -0.25) is 0 Å². The average molecular weight is 265 g/mol. The van der Waals surface area contributed by atoms with Crippen molar-refractivity contribution in [1.82, 2.24) is 9.97 Å². The molecule has 90 valence electrons. The number of thiophene rings is 1. The van der Waals surface area contributed by atoms with E-state index in [1.807, 2.05) is 6.07 Å². The first-order valence-corrected chi connectivity index (χ1v) is 7.30. The Labute approximate surface area is 109 Å². The van der Waals surface area contributed by atoms with Crippen LogP contribution in [0.15, 0.2) is 41.1 Å². The summed E-state index contributed by atoms with van der Waals surface area (Å²) in [6.45, 7) is 2.11. The van der Waals surface area contributed by atoms with Crippen LogP contribution in [0.1, 0.15) is 23.5 Å². The molecule has 0 aliphatic rings. The molecule has 3 nitrogen and oxygen atoms in total. The number of hydrogen-bond acceptors (Lipinski definition) is 5. The zero-order valence-electron chi connectivity index (χ0n) is 9.61. The summed E-state index contributed by atoms with van der Waals surface area (Å²) < 4.78 is 0. The van der Waals surface area contributed by atoms with E-state index in [1.54, 1.807) is 35.5 Å². The molecule has 2 aromatic rings. The molecule has 0 fully saturated rings. The summed E-state index contributed by atoms with van der Waals surface area (Å²) in [7, 11) is 0. The molecule has 5 heteroatoms. The number of hydrogen-bond donors (Lipinski definition) is 1. The van der Waals surface area contributed by atoms with Gasteiger partial charge in [-0.1, -0.05) is 24.8 Å². The fraction of sp³-hybridized carbons (Fsp3) is 0.333. The molecule has 2 rings (SSSR count). The molecule has 0 saturated carbocycles. The van der Waals surface area contributed by atoms with Gasteiger partial charge in [-0.15, -0.1) is 11.3 Å². The van der Waals surface area contributed by atoms with Gasteiger partial charge in [0.1, 0.15) is 0 Å². The number of aromatic nitrogens is 2. The molecule has 0 radical (unpaired) electrons. The zero-order chi connectivity index (χ0) is 12.1. The van der Waals surface area contributed by atoms with Gasteiger partial charge >= 0.3 is 0 Å². The van der Waals surface area contributed by atoms with Gasteiger partial charge in [-0.2, -0.15) is 0 Å². The second-order valence-electron chi connectivity index (χ2n) is 3.66. The molecule has 0 saturated heterocycles. The van der Waals surface area contributed by atoms with Crippen LogP contribution in [0.5, 0.6) is 0 Å². The molecule has 17 heavy (non-hydrogen) atoms. The van der Waals surface area contributed by atoms with E-state index in [0.717, 1.165) is 11.6 Å². The maximum atomic E-state index is 6.19. The van der Waals surface area contributed by atoms with Gasteiger partial charge in [0, 0.05) is 23.3 Å². The third kappa shape index (κ3) is 3.28. The second kappa shape index (κ2) is 6.14. The van der Waals surface area contributed by atoms with E-state index < -0.39 is 0 Å². The van der Waals surface area contributed by atoms with Gasteiger partial charge < -0.3 is 5.73 Å². The Morgan fingerprint density at radius 2 is 2.12 bits per heavy atom. The Bertz CT molecular complexity index is 430. The molecule has 0 aromatic carbocycles. The maximum absolute atomic E-state index is 6.19. The highest BCUT2D eigenvalue weighted by molar-refractivity contribution is 7.99. The summed E-state index contributed by atoms with van der Waals surface area (Å²) in [5.74, 6) is 0. The highest BCUT2D eigenvalue weighted by Gasteiger charge is 2.21. The number of rotatable bonds is 5. The van der Waals surface area contributed by atoms with Crippen molar-refractivity contribution in [2.24, 2.45) is 5.73 Å². The van der Waals surface area contributed by atoms with E-state index in [2.05, 4.69) is 34.4 Å². The van der Waals surface area contributed by atoms with Crippen molar-refractivity contribution >= 4 is 23.1 Å². The fourth-order valence-electron chi connectivity index (χ4n) is 1.48. The standard InChI is InChI=1S/C12H15N3S2/c1-2-9(13)11(10-5-3-8-16-10)17-12-14-6-4-7-15-12/h3-9,11H,2,13H2,1H3. The quantitative estimate of drug-likeness (QED) is 0.666. The van der Waals surface area contributed by atoms with E-state index in [4.69, 9.17) is 5.73 Å². The van der Waals surface area contributed by atoms with Crippen LogP contribution in [0.3, 0.4) is 0 Å². The van der Waals surface area contributed by atoms with E-state index in [9.17, 15) is 0 Å². The van der Waals surface area contributed by atoms with Crippen LogP contribution >= 0.6 is 23.1 Å². The summed E-state index contributed by atoms with van der Waals surface area (Å²) in [5, 5.41) is 3.11. The van der Waals surface area contributed by atoms with Crippen molar-refractivity contribution in [3.8, 4) is 0 Å². The third-order valence-electron chi connectivity index (χ3n) is 2.46. The lowest BCUT2D eigenvalue weighted by Gasteiger charge is -2.20. The van der Waals surface area contributed by atoms with E-state index in [0.29, 0.717) is 0 Å². The van der Waals surface area contributed by atoms with Crippen LogP contribution in [0.25, 0.3) is 0 Å². The largest absolute Gasteiger partial charge is 0.326 e. The van der Waals surface area contributed by atoms with Gasteiger partial charge in [-0.25, -0.2) is 9.97 Å². The first-order chi connectivity index (χ1) is 8.31. The average Bonchev–Trinajstić information content (AvgIpc) is 2.90. The van der Waals surface area contributed by atoms with Crippen LogP contribution < -0.4 is 5.73 Å². The number of thioether (sulfide) groups is 1. The monoisotopic (exact) mass is 265 g/mol. The molecule has 0 aliphatic carbocycles.